The van der Waals surface area contributed by atoms with Crippen molar-refractivity contribution >= 4 is 39.4 Å². The average Bonchev–Trinajstić information content (AvgIpc) is 2.55. The first-order valence-electron chi connectivity index (χ1n) is 7.60. The lowest BCUT2D eigenvalue weighted by Crippen LogP contribution is -2.42. The smallest absolute Gasteiger partial charge is 0.311 e. The minimum absolute atomic E-state index is 0.0370. The van der Waals surface area contributed by atoms with Crippen LogP contribution in [0.3, 0.4) is 0 Å². The molecule has 3 N–H and O–H groups in total. The van der Waals surface area contributed by atoms with Gasteiger partial charge >= 0.3 is 5.97 Å². The monoisotopic (exact) mass is 398 g/mol. The second-order valence-corrected chi connectivity index (χ2v) is 6.49. The Morgan fingerprint density at radius 2 is 2.04 bits per heavy atom. The van der Waals surface area contributed by atoms with Crippen LogP contribution in [0.15, 0.2) is 16.6 Å². The summed E-state index contributed by atoms with van der Waals surface area (Å²) in [5.74, 6) is -1.19. The minimum Gasteiger partial charge on any atom is -0.482 e. The fourth-order valence-electron chi connectivity index (χ4n) is 2.50. The predicted octanol–water partition coefficient (Wildman–Crippen LogP) is 2.40. The fourth-order valence-corrected chi connectivity index (χ4v) is 3.02. The summed E-state index contributed by atoms with van der Waals surface area (Å²) in [7, 11) is 0. The molecule has 8 heteroatoms. The number of rotatable bonds is 6. The van der Waals surface area contributed by atoms with Crippen molar-refractivity contribution in [3.63, 3.8) is 0 Å². The highest BCUT2D eigenvalue weighted by atomic mass is 79.9. The molecule has 1 heterocycles. The molecule has 0 bridgehead atoms. The number of carbonyl (C=O) groups excluding carboxylic acids is 2. The minimum atomic E-state index is -0.985. The number of ether oxygens (including phenoxy) is 1. The lowest BCUT2D eigenvalue weighted by molar-refractivity contribution is -0.149. The largest absolute Gasteiger partial charge is 0.482 e. The summed E-state index contributed by atoms with van der Waals surface area (Å²) in [6.07, 6.45) is 0.833. The molecule has 0 unspecified atom stereocenters. The molecule has 2 rings (SSSR count). The molecule has 2 amide bonds. The van der Waals surface area contributed by atoms with E-state index in [-0.39, 0.29) is 19.1 Å². The van der Waals surface area contributed by atoms with Gasteiger partial charge in [-0.05, 0) is 40.9 Å². The first-order valence-corrected chi connectivity index (χ1v) is 8.40. The zero-order chi connectivity index (χ0) is 17.9. The van der Waals surface area contributed by atoms with Crippen LogP contribution < -0.4 is 15.4 Å². The summed E-state index contributed by atoms with van der Waals surface area (Å²) in [6.45, 7) is 3.50. The third-order valence-electron chi connectivity index (χ3n) is 4.34. The summed E-state index contributed by atoms with van der Waals surface area (Å²) in [6, 6.07) is 3.11. The van der Waals surface area contributed by atoms with E-state index in [1.54, 1.807) is 19.9 Å². The quantitative estimate of drug-likeness (QED) is 0.682. The van der Waals surface area contributed by atoms with Crippen LogP contribution in [0.4, 0.5) is 5.69 Å². The number of carboxylic acids is 1. The van der Waals surface area contributed by atoms with Crippen LogP contribution in [0.2, 0.25) is 0 Å². The highest BCUT2D eigenvalue weighted by Crippen LogP contribution is 2.34. The maximum absolute atomic E-state index is 12.4. The summed E-state index contributed by atoms with van der Waals surface area (Å²) in [5, 5.41) is 14.8. The van der Waals surface area contributed by atoms with Gasteiger partial charge < -0.3 is 20.5 Å². The Morgan fingerprint density at radius 3 is 2.62 bits per heavy atom. The Hall–Kier alpha value is -2.09. The number of carbonyl (C=O) groups is 3. The molecule has 0 fully saturated rings. The Labute approximate surface area is 147 Å². The van der Waals surface area contributed by atoms with Gasteiger partial charge in [-0.25, -0.2) is 0 Å². The Bertz CT molecular complexity index is 685. The molecule has 130 valence electrons. The number of aliphatic carboxylic acids is 1. The fraction of sp³-hybridized carbons (Fsp3) is 0.438. The van der Waals surface area contributed by atoms with Gasteiger partial charge in [0.2, 0.25) is 0 Å². The molecule has 0 aliphatic carbocycles. The third-order valence-corrected chi connectivity index (χ3v) is 5.00. The van der Waals surface area contributed by atoms with Crippen molar-refractivity contribution in [2.45, 2.75) is 26.7 Å². The van der Waals surface area contributed by atoms with Gasteiger partial charge in [0.15, 0.2) is 6.61 Å². The van der Waals surface area contributed by atoms with Crippen LogP contribution >= 0.6 is 15.9 Å². The van der Waals surface area contributed by atoms with Crippen molar-refractivity contribution in [1.82, 2.24) is 5.32 Å². The number of amides is 2. The molecule has 1 aromatic carbocycles. The molecule has 1 aromatic rings. The normalized spacial score (nSPS) is 13.5. The molecule has 0 aromatic heterocycles. The van der Waals surface area contributed by atoms with Gasteiger partial charge in [-0.1, -0.05) is 13.8 Å². The Morgan fingerprint density at radius 1 is 1.38 bits per heavy atom. The van der Waals surface area contributed by atoms with E-state index in [1.807, 2.05) is 0 Å². The topological polar surface area (TPSA) is 105 Å². The zero-order valence-corrected chi connectivity index (χ0v) is 15.0. The lowest BCUT2D eigenvalue weighted by Gasteiger charge is -2.27. The van der Waals surface area contributed by atoms with E-state index in [9.17, 15) is 19.5 Å². The van der Waals surface area contributed by atoms with Gasteiger partial charge in [-0.2, -0.15) is 0 Å². The van der Waals surface area contributed by atoms with Gasteiger partial charge in [0.1, 0.15) is 5.75 Å². The van der Waals surface area contributed by atoms with E-state index in [1.165, 1.54) is 6.07 Å². The number of hydrogen-bond acceptors (Lipinski definition) is 4. The second kappa shape index (κ2) is 7.21. The van der Waals surface area contributed by atoms with E-state index < -0.39 is 17.3 Å². The maximum Gasteiger partial charge on any atom is 0.311 e. The molecule has 0 radical (unpaired) electrons. The first kappa shape index (κ1) is 18.3. The molecule has 0 spiro atoms. The number of halogens is 1. The molecule has 0 saturated heterocycles. The van der Waals surface area contributed by atoms with Crippen LogP contribution in [0.5, 0.6) is 5.75 Å². The summed E-state index contributed by atoms with van der Waals surface area (Å²) < 4.78 is 5.79. The molecule has 7 nitrogen and oxygen atoms in total. The van der Waals surface area contributed by atoms with Crippen molar-refractivity contribution in [3.05, 3.63) is 22.2 Å². The van der Waals surface area contributed by atoms with E-state index >= 15 is 0 Å². The van der Waals surface area contributed by atoms with E-state index in [4.69, 9.17) is 4.74 Å². The molecular formula is C16H19BrN2O5. The summed E-state index contributed by atoms with van der Waals surface area (Å²) >= 11 is 3.30. The number of fused-ring (bicyclic) bond motifs is 1. The van der Waals surface area contributed by atoms with Crippen LogP contribution in [-0.4, -0.2) is 36.0 Å². The number of hydrogen-bond donors (Lipinski definition) is 3. The first-order chi connectivity index (χ1) is 11.3. The number of anilines is 1. The number of carboxylic acid groups (broad SMARTS) is 1. The maximum atomic E-state index is 12.4. The third kappa shape index (κ3) is 3.53. The summed E-state index contributed by atoms with van der Waals surface area (Å²) in [5.41, 5.74) is -0.186. The molecular weight excluding hydrogens is 380 g/mol. The Balaban J connectivity index is 2.18. The van der Waals surface area contributed by atoms with Crippen molar-refractivity contribution < 1.29 is 24.2 Å². The van der Waals surface area contributed by atoms with Gasteiger partial charge in [0.05, 0.1) is 16.7 Å². The number of nitrogens with one attached hydrogen (secondary N) is 2. The van der Waals surface area contributed by atoms with Crippen molar-refractivity contribution in [2.75, 3.05) is 18.5 Å². The van der Waals surface area contributed by atoms with Gasteiger partial charge in [0.25, 0.3) is 11.8 Å². The predicted molar refractivity (Wildman–Crippen MR) is 91.3 cm³/mol. The van der Waals surface area contributed by atoms with E-state index in [2.05, 4.69) is 26.6 Å². The van der Waals surface area contributed by atoms with E-state index in [0.717, 1.165) is 0 Å². The van der Waals surface area contributed by atoms with Crippen LogP contribution in [0, 0.1) is 5.41 Å². The average molecular weight is 399 g/mol. The van der Waals surface area contributed by atoms with Crippen molar-refractivity contribution in [2.24, 2.45) is 5.41 Å². The SMILES string of the molecule is CCC(CC)(CNC(=O)c1cc2c(cc1Br)NC(=O)CO2)C(=O)O. The highest BCUT2D eigenvalue weighted by molar-refractivity contribution is 9.10. The van der Waals surface area contributed by atoms with Crippen LogP contribution in [0.1, 0.15) is 37.0 Å². The molecule has 0 saturated carbocycles. The van der Waals surface area contributed by atoms with Crippen molar-refractivity contribution in [1.29, 1.82) is 0 Å². The van der Waals surface area contributed by atoms with Crippen LogP contribution in [-0.2, 0) is 9.59 Å². The lowest BCUT2D eigenvalue weighted by atomic mass is 9.82. The molecule has 1 aliphatic heterocycles. The van der Waals surface area contributed by atoms with Gasteiger partial charge in [0, 0.05) is 11.0 Å². The standard InChI is InChI=1S/C16H19BrN2O5/c1-3-16(4-2,15(22)23)8-18-14(21)9-5-12-11(6-10(9)17)19-13(20)7-24-12/h5-6H,3-4,7-8H2,1-2H3,(H,18,21)(H,19,20)(H,22,23). The molecule has 24 heavy (non-hydrogen) atoms. The van der Waals surface area contributed by atoms with Crippen LogP contribution in [0.25, 0.3) is 0 Å². The molecule has 0 atom stereocenters. The summed E-state index contributed by atoms with van der Waals surface area (Å²) in [4.78, 5) is 35.3. The zero-order valence-electron chi connectivity index (χ0n) is 13.4. The molecule has 1 aliphatic rings. The second-order valence-electron chi connectivity index (χ2n) is 5.64. The van der Waals surface area contributed by atoms with Crippen molar-refractivity contribution in [3.8, 4) is 5.75 Å². The highest BCUT2D eigenvalue weighted by Gasteiger charge is 2.35. The number of benzene rings is 1. The Kier molecular flexibility index (Phi) is 5.48. The van der Waals surface area contributed by atoms with Gasteiger partial charge in [-0.15, -0.1) is 0 Å². The van der Waals surface area contributed by atoms with E-state index in [0.29, 0.717) is 34.3 Å². The van der Waals surface area contributed by atoms with Gasteiger partial charge in [-0.3, -0.25) is 14.4 Å².